The largest absolute Gasteiger partial charge is 0.364 e. The van der Waals surface area contributed by atoms with Gasteiger partial charge in [-0.25, -0.2) is 4.99 Å². The number of nitrogens with zero attached hydrogens (tertiary/aromatic N) is 1. The molecule has 0 aliphatic heterocycles. The van der Waals surface area contributed by atoms with Gasteiger partial charge in [0, 0.05) is 6.04 Å². The van der Waals surface area contributed by atoms with E-state index in [0.717, 1.165) is 5.82 Å². The average molecular weight is 230 g/mol. The lowest BCUT2D eigenvalue weighted by Gasteiger charge is -2.19. The van der Waals surface area contributed by atoms with Crippen LogP contribution in [0.5, 0.6) is 0 Å². The molecule has 0 unspecified atom stereocenters. The van der Waals surface area contributed by atoms with Crippen LogP contribution in [-0.4, -0.2) is 6.72 Å². The normalized spacial score (nSPS) is 14.2. The molecule has 0 saturated heterocycles. The summed E-state index contributed by atoms with van der Waals surface area (Å²) < 4.78 is 0. The summed E-state index contributed by atoms with van der Waals surface area (Å²) in [5, 5.41) is 3.41. The summed E-state index contributed by atoms with van der Waals surface area (Å²) in [7, 11) is 0. The van der Waals surface area contributed by atoms with Crippen LogP contribution in [0.4, 0.5) is 0 Å². The molecule has 0 saturated carbocycles. The zero-order chi connectivity index (χ0) is 12.8. The monoisotopic (exact) mass is 230 g/mol. The van der Waals surface area contributed by atoms with Crippen LogP contribution in [0.25, 0.3) is 0 Å². The number of hydrogen-bond acceptors (Lipinski definition) is 2. The van der Waals surface area contributed by atoms with Crippen LogP contribution < -0.4 is 5.32 Å². The Labute approximate surface area is 104 Å². The third-order valence-electron chi connectivity index (χ3n) is 3.05. The Hall–Kier alpha value is -1.57. The fraction of sp³-hybridized carbons (Fsp3) is 0.400. The molecular formula is C15H22N2. The van der Waals surface area contributed by atoms with E-state index in [-0.39, 0.29) is 6.04 Å². The molecule has 1 N–H and O–H groups in total. The number of aliphatic imine (C=N–C) groups is 1. The van der Waals surface area contributed by atoms with Gasteiger partial charge in [0.25, 0.3) is 0 Å². The summed E-state index contributed by atoms with van der Waals surface area (Å²) in [6, 6.07) is 10.6. The SMILES string of the molecule is C=N/C(N[C@@H](C)c1ccccc1)=C(\C)C(C)C. The van der Waals surface area contributed by atoms with E-state index in [0.29, 0.717) is 5.92 Å². The van der Waals surface area contributed by atoms with Gasteiger partial charge in [-0.3, -0.25) is 0 Å². The van der Waals surface area contributed by atoms with E-state index in [2.05, 4.69) is 56.9 Å². The molecular weight excluding hydrogens is 208 g/mol. The van der Waals surface area contributed by atoms with Gasteiger partial charge in [-0.05, 0) is 37.6 Å². The lowest BCUT2D eigenvalue weighted by atomic mass is 10.0. The summed E-state index contributed by atoms with van der Waals surface area (Å²) in [5.74, 6) is 1.38. The van der Waals surface area contributed by atoms with Crippen LogP contribution >= 0.6 is 0 Å². The van der Waals surface area contributed by atoms with Gasteiger partial charge in [0.15, 0.2) is 0 Å². The highest BCUT2D eigenvalue weighted by Gasteiger charge is 2.09. The number of allylic oxidation sites excluding steroid dienone is 1. The number of benzene rings is 1. The molecule has 0 fully saturated rings. The standard InChI is InChI=1S/C15H22N2/c1-11(2)12(3)15(16-5)17-13(4)14-9-7-6-8-10-14/h6-11,13,17H,5H2,1-4H3/b15-12-/t13-/m0/s1. The van der Waals surface area contributed by atoms with E-state index in [9.17, 15) is 0 Å². The molecule has 0 spiro atoms. The fourth-order valence-corrected chi connectivity index (χ4v) is 1.59. The summed E-state index contributed by atoms with van der Waals surface area (Å²) in [6.45, 7) is 12.2. The Morgan fingerprint density at radius 1 is 1.18 bits per heavy atom. The molecule has 0 aromatic heterocycles. The van der Waals surface area contributed by atoms with E-state index >= 15 is 0 Å². The van der Waals surface area contributed by atoms with Gasteiger partial charge in [0.05, 0.1) is 0 Å². The fourth-order valence-electron chi connectivity index (χ4n) is 1.59. The zero-order valence-corrected chi connectivity index (χ0v) is 11.2. The van der Waals surface area contributed by atoms with Crippen LogP contribution in [0.3, 0.4) is 0 Å². The molecule has 2 heteroatoms. The van der Waals surface area contributed by atoms with Crippen molar-refractivity contribution in [3.8, 4) is 0 Å². The van der Waals surface area contributed by atoms with E-state index in [1.807, 2.05) is 18.2 Å². The minimum Gasteiger partial charge on any atom is -0.364 e. The first-order valence-electron chi connectivity index (χ1n) is 6.05. The predicted octanol–water partition coefficient (Wildman–Crippen LogP) is 3.93. The van der Waals surface area contributed by atoms with E-state index in [1.54, 1.807) is 0 Å². The van der Waals surface area contributed by atoms with Crippen molar-refractivity contribution in [2.45, 2.75) is 33.7 Å². The van der Waals surface area contributed by atoms with Crippen molar-refractivity contribution in [1.29, 1.82) is 0 Å². The minimum atomic E-state index is 0.241. The zero-order valence-electron chi connectivity index (χ0n) is 11.2. The molecule has 2 nitrogen and oxygen atoms in total. The van der Waals surface area contributed by atoms with Crippen molar-refractivity contribution in [3.05, 3.63) is 47.3 Å². The second-order valence-electron chi connectivity index (χ2n) is 4.62. The Kier molecular flexibility index (Phi) is 4.95. The Morgan fingerprint density at radius 3 is 2.24 bits per heavy atom. The van der Waals surface area contributed by atoms with Crippen molar-refractivity contribution in [1.82, 2.24) is 5.32 Å². The van der Waals surface area contributed by atoms with Crippen LogP contribution in [0, 0.1) is 5.92 Å². The maximum absolute atomic E-state index is 4.09. The van der Waals surface area contributed by atoms with Gasteiger partial charge in [-0.1, -0.05) is 44.2 Å². The van der Waals surface area contributed by atoms with Gasteiger partial charge >= 0.3 is 0 Å². The first kappa shape index (κ1) is 13.5. The third kappa shape index (κ3) is 3.74. The molecule has 1 aromatic carbocycles. The second kappa shape index (κ2) is 6.24. The van der Waals surface area contributed by atoms with Crippen LogP contribution in [0.1, 0.15) is 39.3 Å². The molecule has 1 atom stereocenters. The molecule has 0 heterocycles. The minimum absolute atomic E-state index is 0.241. The van der Waals surface area contributed by atoms with E-state index in [4.69, 9.17) is 0 Å². The maximum atomic E-state index is 4.09. The summed E-state index contributed by atoms with van der Waals surface area (Å²) >= 11 is 0. The molecule has 0 amide bonds. The van der Waals surface area contributed by atoms with Gasteiger partial charge in [-0.15, -0.1) is 0 Å². The number of nitrogens with one attached hydrogen (secondary N) is 1. The third-order valence-corrected chi connectivity index (χ3v) is 3.05. The topological polar surface area (TPSA) is 24.4 Å². The number of rotatable bonds is 5. The summed E-state index contributed by atoms with van der Waals surface area (Å²) in [4.78, 5) is 4.09. The van der Waals surface area contributed by atoms with Crippen LogP contribution in [0.15, 0.2) is 46.7 Å². The van der Waals surface area contributed by atoms with Crippen molar-refractivity contribution < 1.29 is 0 Å². The lowest BCUT2D eigenvalue weighted by molar-refractivity contribution is 0.623. The Morgan fingerprint density at radius 2 is 1.76 bits per heavy atom. The van der Waals surface area contributed by atoms with Crippen LogP contribution in [-0.2, 0) is 0 Å². The smallest absolute Gasteiger partial charge is 0.124 e. The molecule has 17 heavy (non-hydrogen) atoms. The molecule has 0 aliphatic rings. The van der Waals surface area contributed by atoms with Crippen LogP contribution in [0.2, 0.25) is 0 Å². The lowest BCUT2D eigenvalue weighted by Crippen LogP contribution is -2.19. The molecule has 0 bridgehead atoms. The van der Waals surface area contributed by atoms with E-state index in [1.165, 1.54) is 11.1 Å². The highest BCUT2D eigenvalue weighted by molar-refractivity contribution is 5.31. The van der Waals surface area contributed by atoms with Crippen molar-refractivity contribution in [2.24, 2.45) is 10.9 Å². The molecule has 0 radical (unpaired) electrons. The van der Waals surface area contributed by atoms with Gasteiger partial charge in [-0.2, -0.15) is 0 Å². The second-order valence-corrected chi connectivity index (χ2v) is 4.62. The molecule has 92 valence electrons. The highest BCUT2D eigenvalue weighted by atomic mass is 15.0. The molecule has 0 aliphatic carbocycles. The van der Waals surface area contributed by atoms with Gasteiger partial charge < -0.3 is 5.32 Å². The summed E-state index contributed by atoms with van der Waals surface area (Å²) in [6.07, 6.45) is 0. The Balaban J connectivity index is 2.83. The first-order chi connectivity index (χ1) is 8.06. The summed E-state index contributed by atoms with van der Waals surface area (Å²) in [5.41, 5.74) is 2.49. The quantitative estimate of drug-likeness (QED) is 0.762. The average Bonchev–Trinajstić information content (AvgIpc) is 2.35. The first-order valence-corrected chi connectivity index (χ1v) is 6.05. The number of hydrogen-bond donors (Lipinski definition) is 1. The van der Waals surface area contributed by atoms with Crippen molar-refractivity contribution in [3.63, 3.8) is 0 Å². The molecule has 1 rings (SSSR count). The highest BCUT2D eigenvalue weighted by Crippen LogP contribution is 2.18. The Bertz CT molecular complexity index is 391. The van der Waals surface area contributed by atoms with E-state index < -0.39 is 0 Å². The van der Waals surface area contributed by atoms with Gasteiger partial charge in [0.2, 0.25) is 0 Å². The van der Waals surface area contributed by atoms with Crippen molar-refractivity contribution in [2.75, 3.05) is 0 Å². The van der Waals surface area contributed by atoms with Gasteiger partial charge in [0.1, 0.15) is 5.82 Å². The molecule has 1 aromatic rings. The van der Waals surface area contributed by atoms with Crippen molar-refractivity contribution >= 4 is 6.72 Å². The predicted molar refractivity (Wildman–Crippen MR) is 75.1 cm³/mol. The maximum Gasteiger partial charge on any atom is 0.124 e.